The second-order valence-corrected chi connectivity index (χ2v) is 3.25. The van der Waals surface area contributed by atoms with E-state index >= 15 is 0 Å². The van der Waals surface area contributed by atoms with E-state index in [0.29, 0.717) is 25.0 Å². The van der Waals surface area contributed by atoms with Crippen LogP contribution in [0.1, 0.15) is 25.7 Å². The molecule has 1 aliphatic carbocycles. The summed E-state index contributed by atoms with van der Waals surface area (Å²) >= 11 is 0. The van der Waals surface area contributed by atoms with Crippen LogP contribution in [0.4, 0.5) is 0 Å². The average molecular weight is 178 g/mol. The zero-order chi connectivity index (χ0) is 7.40. The third-order valence-electron chi connectivity index (χ3n) is 2.48. The van der Waals surface area contributed by atoms with Crippen LogP contribution in [0.25, 0.3) is 0 Å². The van der Waals surface area contributed by atoms with Crippen LogP contribution < -0.4 is 0 Å². The summed E-state index contributed by atoms with van der Waals surface area (Å²) in [6.45, 7) is 0.663. The van der Waals surface area contributed by atoms with Gasteiger partial charge in [-0.05, 0) is 37.5 Å². The quantitative estimate of drug-likeness (QED) is 0.615. The van der Waals surface area contributed by atoms with Gasteiger partial charge in [0.2, 0.25) is 0 Å². The summed E-state index contributed by atoms with van der Waals surface area (Å²) in [7, 11) is 0. The van der Waals surface area contributed by atoms with Gasteiger partial charge in [0.05, 0.1) is 0 Å². The highest BCUT2D eigenvalue weighted by molar-refractivity contribution is 6.92. The Morgan fingerprint density at radius 2 is 1.09 bits per heavy atom. The Bertz CT molecular complexity index is 78.1. The van der Waals surface area contributed by atoms with Crippen molar-refractivity contribution in [1.29, 1.82) is 0 Å². The molecule has 1 unspecified atom stereocenters. The van der Waals surface area contributed by atoms with E-state index in [9.17, 15) is 0 Å². The van der Waals surface area contributed by atoms with Crippen LogP contribution in [0.5, 0.6) is 0 Å². The lowest BCUT2D eigenvalue weighted by Gasteiger charge is -2.25. The molecule has 0 radical (unpaired) electrons. The van der Waals surface area contributed by atoms with Gasteiger partial charge in [0.1, 0.15) is 0 Å². The first-order valence-corrected chi connectivity index (χ1v) is 4.08. The molecular weight excluding hydrogens is 159 g/mol. The van der Waals surface area contributed by atoms with Gasteiger partial charge in [0.15, 0.2) is 0 Å². The second kappa shape index (κ2) is 5.93. The molecule has 1 fully saturated rings. The summed E-state index contributed by atoms with van der Waals surface area (Å²) < 4.78 is 0. The Kier molecular flexibility index (Phi) is 6.12. The molecule has 0 aliphatic heterocycles. The van der Waals surface area contributed by atoms with Gasteiger partial charge in [-0.3, -0.25) is 0 Å². The lowest BCUT2D eigenvalue weighted by Crippen LogP contribution is -2.19. The summed E-state index contributed by atoms with van der Waals surface area (Å²) in [4.78, 5) is 0. The minimum absolute atomic E-state index is 0. The summed E-state index contributed by atoms with van der Waals surface area (Å²) in [6.07, 6.45) is 4.40. The zero-order valence-electron chi connectivity index (χ0n) is 7.00. The smallest absolute Gasteiger partial charge is 0.0459 e. The van der Waals surface area contributed by atoms with Gasteiger partial charge >= 0.3 is 0 Å². The van der Waals surface area contributed by atoms with Gasteiger partial charge in [0.25, 0.3) is 0 Å². The van der Waals surface area contributed by atoms with E-state index in [1.54, 1.807) is 0 Å². The average Bonchev–Trinajstić information content (AvgIpc) is 2.05. The van der Waals surface area contributed by atoms with Gasteiger partial charge in [-0.1, -0.05) is 0 Å². The van der Waals surface area contributed by atoms with Crippen LogP contribution in [-0.2, 0) is 0 Å². The maximum absolute atomic E-state index is 8.79. The predicted octanol–water partition coefficient (Wildman–Crippen LogP) is 0.835. The molecular formula is C8H19O2P. The largest absolute Gasteiger partial charge is 0.396 e. The molecule has 0 aromatic carbocycles. The monoisotopic (exact) mass is 178 g/mol. The van der Waals surface area contributed by atoms with Crippen molar-refractivity contribution in [2.24, 2.45) is 11.8 Å². The second-order valence-electron chi connectivity index (χ2n) is 3.25. The van der Waals surface area contributed by atoms with Crippen molar-refractivity contribution in [2.75, 3.05) is 13.2 Å². The van der Waals surface area contributed by atoms with E-state index in [-0.39, 0.29) is 9.90 Å². The van der Waals surface area contributed by atoms with E-state index < -0.39 is 0 Å². The third-order valence-corrected chi connectivity index (χ3v) is 2.48. The Hall–Kier alpha value is 0.350. The van der Waals surface area contributed by atoms with Crippen molar-refractivity contribution < 1.29 is 10.2 Å². The third kappa shape index (κ3) is 3.50. The lowest BCUT2D eigenvalue weighted by atomic mass is 9.83. The van der Waals surface area contributed by atoms with Crippen molar-refractivity contribution in [1.82, 2.24) is 0 Å². The number of hydrogen-bond donors (Lipinski definition) is 2. The van der Waals surface area contributed by atoms with Crippen molar-refractivity contribution in [3.8, 4) is 0 Å². The molecule has 0 aromatic heterocycles. The molecule has 0 bridgehead atoms. The highest BCUT2D eigenvalue weighted by Crippen LogP contribution is 2.27. The van der Waals surface area contributed by atoms with Crippen molar-refractivity contribution in [3.05, 3.63) is 0 Å². The number of hydrogen-bond acceptors (Lipinski definition) is 2. The van der Waals surface area contributed by atoms with E-state index in [0.717, 1.165) is 25.7 Å². The van der Waals surface area contributed by atoms with Crippen LogP contribution in [-0.4, -0.2) is 23.4 Å². The molecule has 1 aliphatic rings. The SMILES string of the molecule is OCC1CCC(CO)CC1.P. The fraction of sp³-hybridized carbons (Fsp3) is 1.00. The summed E-state index contributed by atoms with van der Waals surface area (Å²) in [5.74, 6) is 1.03. The summed E-state index contributed by atoms with van der Waals surface area (Å²) in [5, 5.41) is 17.6. The maximum atomic E-state index is 8.79. The van der Waals surface area contributed by atoms with Gasteiger partial charge in [-0.2, -0.15) is 9.90 Å². The minimum atomic E-state index is 0. The molecule has 2 N–H and O–H groups in total. The Morgan fingerprint density at radius 1 is 0.818 bits per heavy atom. The Labute approximate surface area is 71.6 Å². The maximum Gasteiger partial charge on any atom is 0.0459 e. The van der Waals surface area contributed by atoms with Gasteiger partial charge in [-0.25, -0.2) is 0 Å². The normalized spacial score (nSPS) is 31.1. The van der Waals surface area contributed by atoms with Crippen LogP contribution in [0.3, 0.4) is 0 Å². The first-order valence-electron chi connectivity index (χ1n) is 4.08. The first kappa shape index (κ1) is 11.4. The Morgan fingerprint density at radius 3 is 1.27 bits per heavy atom. The highest BCUT2D eigenvalue weighted by atomic mass is 31.0. The number of rotatable bonds is 2. The molecule has 1 rings (SSSR count). The molecule has 0 spiro atoms. The lowest BCUT2D eigenvalue weighted by molar-refractivity contribution is 0.131. The van der Waals surface area contributed by atoms with Gasteiger partial charge in [0, 0.05) is 13.2 Å². The van der Waals surface area contributed by atoms with Crippen LogP contribution in [0, 0.1) is 11.8 Å². The van der Waals surface area contributed by atoms with Crippen LogP contribution in [0.2, 0.25) is 0 Å². The predicted molar refractivity (Wildman–Crippen MR) is 50.7 cm³/mol. The molecule has 3 heteroatoms. The first-order chi connectivity index (χ1) is 4.86. The van der Waals surface area contributed by atoms with Crippen LogP contribution >= 0.6 is 9.90 Å². The van der Waals surface area contributed by atoms with E-state index in [2.05, 4.69) is 0 Å². The molecule has 0 heterocycles. The Balaban J connectivity index is 0.000001000. The molecule has 0 saturated heterocycles. The fourth-order valence-electron chi connectivity index (χ4n) is 1.60. The standard InChI is InChI=1S/C8H16O2.H3P/c9-5-7-1-2-8(6-10)4-3-7;/h7-10H,1-6H2;1H3. The number of aliphatic hydroxyl groups is 2. The minimum Gasteiger partial charge on any atom is -0.396 e. The van der Waals surface area contributed by atoms with Gasteiger partial charge < -0.3 is 10.2 Å². The van der Waals surface area contributed by atoms with E-state index in [1.807, 2.05) is 0 Å². The molecule has 1 atom stereocenters. The van der Waals surface area contributed by atoms with E-state index in [1.165, 1.54) is 0 Å². The van der Waals surface area contributed by atoms with Crippen molar-refractivity contribution in [2.45, 2.75) is 25.7 Å². The molecule has 1 saturated carbocycles. The van der Waals surface area contributed by atoms with Gasteiger partial charge in [-0.15, -0.1) is 0 Å². The highest BCUT2D eigenvalue weighted by Gasteiger charge is 2.19. The summed E-state index contributed by atoms with van der Waals surface area (Å²) in [5.41, 5.74) is 0. The molecule has 68 valence electrons. The molecule has 0 aromatic rings. The fourth-order valence-corrected chi connectivity index (χ4v) is 1.60. The topological polar surface area (TPSA) is 40.5 Å². The van der Waals surface area contributed by atoms with E-state index in [4.69, 9.17) is 10.2 Å². The molecule has 0 amide bonds. The van der Waals surface area contributed by atoms with Crippen molar-refractivity contribution >= 4 is 9.90 Å². The molecule has 11 heavy (non-hydrogen) atoms. The summed E-state index contributed by atoms with van der Waals surface area (Å²) in [6, 6.07) is 0. The zero-order valence-corrected chi connectivity index (χ0v) is 8.41. The van der Waals surface area contributed by atoms with Crippen LogP contribution in [0.15, 0.2) is 0 Å². The number of aliphatic hydroxyl groups excluding tert-OH is 2. The molecule has 2 nitrogen and oxygen atoms in total. The van der Waals surface area contributed by atoms with Crippen molar-refractivity contribution in [3.63, 3.8) is 0 Å².